The molecule has 10 nitrogen and oxygen atoms in total. The minimum Gasteiger partial charge on any atom is -0.443 e. The first-order chi connectivity index (χ1) is 17.0. The third kappa shape index (κ3) is 6.28. The molecule has 11 heteroatoms. The van der Waals surface area contributed by atoms with Crippen LogP contribution in [0.15, 0.2) is 53.4 Å². The topological polar surface area (TPSA) is 128 Å². The van der Waals surface area contributed by atoms with Crippen molar-refractivity contribution in [2.45, 2.75) is 70.2 Å². The largest absolute Gasteiger partial charge is 0.510 e. The van der Waals surface area contributed by atoms with Crippen molar-refractivity contribution in [3.8, 4) is 0 Å². The molecular weight excluding hydrogens is 500 g/mol. The molecule has 3 rings (SSSR count). The van der Waals surface area contributed by atoms with Gasteiger partial charge < -0.3 is 14.2 Å². The van der Waals surface area contributed by atoms with Crippen LogP contribution >= 0.6 is 0 Å². The third-order valence-electron chi connectivity index (χ3n) is 5.19. The summed E-state index contributed by atoms with van der Waals surface area (Å²) >= 11 is 0. The zero-order chi connectivity index (χ0) is 27.8. The number of carbonyl (C=O) groups is 3. The molecule has 1 heterocycles. The van der Waals surface area contributed by atoms with E-state index in [-0.39, 0.29) is 16.1 Å². The number of hydrogen-bond acceptors (Lipinski definition) is 8. The quantitative estimate of drug-likeness (QED) is 0.561. The second kappa shape index (κ2) is 9.79. The van der Waals surface area contributed by atoms with Gasteiger partial charge in [0.1, 0.15) is 11.2 Å². The Bertz CT molecular complexity index is 1310. The van der Waals surface area contributed by atoms with Crippen LogP contribution in [-0.4, -0.2) is 44.3 Å². The molecule has 0 unspecified atom stereocenters. The second-order valence-corrected chi connectivity index (χ2v) is 12.4. The molecule has 0 aliphatic carbocycles. The van der Waals surface area contributed by atoms with Crippen LogP contribution in [0.4, 0.5) is 15.3 Å². The van der Waals surface area contributed by atoms with Crippen molar-refractivity contribution in [3.05, 3.63) is 59.7 Å². The van der Waals surface area contributed by atoms with Gasteiger partial charge in [-0.25, -0.2) is 27.6 Å². The third-order valence-corrected chi connectivity index (χ3v) is 6.61. The Kier molecular flexibility index (Phi) is 7.44. The number of benzene rings is 2. The van der Waals surface area contributed by atoms with Crippen LogP contribution < -0.4 is 9.62 Å². The van der Waals surface area contributed by atoms with Gasteiger partial charge in [0.2, 0.25) is 15.6 Å². The van der Waals surface area contributed by atoms with Crippen molar-refractivity contribution in [3.63, 3.8) is 0 Å². The number of para-hydroxylation sites is 1. The molecule has 0 aromatic heterocycles. The van der Waals surface area contributed by atoms with E-state index in [1.165, 1.54) is 24.3 Å². The van der Waals surface area contributed by atoms with Crippen LogP contribution in [0.25, 0.3) is 0 Å². The number of aryl methyl sites for hydroxylation is 1. The summed E-state index contributed by atoms with van der Waals surface area (Å²) in [4.78, 5) is 40.4. The van der Waals surface area contributed by atoms with E-state index in [4.69, 9.17) is 14.2 Å². The van der Waals surface area contributed by atoms with E-state index in [2.05, 4.69) is 4.72 Å². The molecule has 2 amide bonds. The van der Waals surface area contributed by atoms with Crippen molar-refractivity contribution < 1.29 is 37.0 Å². The molecule has 0 radical (unpaired) electrons. The number of carbonyl (C=O) groups excluding carboxylic acids is 3. The number of imide groups is 1. The van der Waals surface area contributed by atoms with E-state index in [1.54, 1.807) is 65.8 Å². The summed E-state index contributed by atoms with van der Waals surface area (Å²) in [6.07, 6.45) is -2.21. The van der Waals surface area contributed by atoms with Crippen LogP contribution in [0.5, 0.6) is 0 Å². The Morgan fingerprint density at radius 3 is 2.05 bits per heavy atom. The maximum absolute atomic E-state index is 13.9. The summed E-state index contributed by atoms with van der Waals surface area (Å²) in [7, 11) is -4.14. The van der Waals surface area contributed by atoms with E-state index in [1.807, 2.05) is 6.92 Å². The summed E-state index contributed by atoms with van der Waals surface area (Å²) in [5, 5.41) is 0. The Morgan fingerprint density at radius 2 is 1.49 bits per heavy atom. The number of amides is 2. The molecule has 37 heavy (non-hydrogen) atoms. The van der Waals surface area contributed by atoms with Crippen molar-refractivity contribution in [1.82, 2.24) is 4.72 Å². The molecule has 1 aliphatic heterocycles. The minimum absolute atomic E-state index is 0.0479. The van der Waals surface area contributed by atoms with Crippen molar-refractivity contribution in [1.29, 1.82) is 0 Å². The maximum Gasteiger partial charge on any atom is 0.510 e. The highest BCUT2D eigenvalue weighted by atomic mass is 32.2. The van der Waals surface area contributed by atoms with Gasteiger partial charge in [-0.05, 0) is 66.7 Å². The van der Waals surface area contributed by atoms with Gasteiger partial charge >= 0.3 is 12.2 Å². The lowest BCUT2D eigenvalue weighted by molar-refractivity contribution is -0.140. The van der Waals surface area contributed by atoms with Crippen molar-refractivity contribution in [2.24, 2.45) is 0 Å². The molecule has 0 bridgehead atoms. The lowest BCUT2D eigenvalue weighted by atomic mass is 9.95. The van der Waals surface area contributed by atoms with E-state index in [0.29, 0.717) is 0 Å². The first-order valence-electron chi connectivity index (χ1n) is 11.6. The molecule has 0 spiro atoms. The van der Waals surface area contributed by atoms with Gasteiger partial charge in [0, 0.05) is 5.56 Å². The van der Waals surface area contributed by atoms with E-state index in [9.17, 15) is 22.8 Å². The summed E-state index contributed by atoms with van der Waals surface area (Å²) in [5.74, 6) is -1.000. The van der Waals surface area contributed by atoms with Crippen LogP contribution in [0.1, 0.15) is 52.7 Å². The van der Waals surface area contributed by atoms with Gasteiger partial charge in [-0.1, -0.05) is 35.9 Å². The lowest BCUT2D eigenvalue weighted by Gasteiger charge is -2.30. The Hall–Kier alpha value is -3.44. The average molecular weight is 533 g/mol. The molecule has 1 aliphatic rings. The monoisotopic (exact) mass is 532 g/mol. The number of nitrogens with one attached hydrogen (secondary N) is 1. The molecule has 2 aromatic carbocycles. The molecule has 1 N–H and O–H groups in total. The summed E-state index contributed by atoms with van der Waals surface area (Å²) in [6, 6.07) is 12.2. The number of ether oxygens (including phenoxy) is 3. The highest BCUT2D eigenvalue weighted by Gasteiger charge is 2.58. The number of hydrogen-bond donors (Lipinski definition) is 1. The average Bonchev–Trinajstić information content (AvgIpc) is 2.98. The predicted octanol–water partition coefficient (Wildman–Crippen LogP) is 4.40. The molecule has 0 saturated heterocycles. The zero-order valence-electron chi connectivity index (χ0n) is 21.9. The molecule has 200 valence electrons. The fourth-order valence-corrected chi connectivity index (χ4v) is 4.67. The Morgan fingerprint density at radius 1 is 0.919 bits per heavy atom. The summed E-state index contributed by atoms with van der Waals surface area (Å²) in [5.41, 5.74) is -3.09. The SMILES string of the molecule is Cc1ccc(S(=O)(=O)NC[C@]2(OC(=O)OC(C)(C)C)C(=O)N(C(=O)OC(C)(C)C)c3ccccc32)cc1. The van der Waals surface area contributed by atoms with Crippen molar-refractivity contribution >= 4 is 33.9 Å². The van der Waals surface area contributed by atoms with E-state index in [0.717, 1.165) is 10.5 Å². The van der Waals surface area contributed by atoms with Gasteiger partial charge in [-0.15, -0.1) is 0 Å². The first kappa shape index (κ1) is 28.1. The fraction of sp³-hybridized carbons (Fsp3) is 0.423. The molecule has 1 atom stereocenters. The molecule has 0 fully saturated rings. The molecule has 2 aromatic rings. The highest BCUT2D eigenvalue weighted by Crippen LogP contribution is 2.44. The van der Waals surface area contributed by atoms with Crippen LogP contribution in [0.3, 0.4) is 0 Å². The second-order valence-electron chi connectivity index (χ2n) is 10.7. The zero-order valence-corrected chi connectivity index (χ0v) is 22.8. The fourth-order valence-electron chi connectivity index (χ4n) is 3.62. The first-order valence-corrected chi connectivity index (χ1v) is 13.1. The van der Waals surface area contributed by atoms with E-state index < -0.39 is 51.5 Å². The molecular formula is C26H32N2O8S. The van der Waals surface area contributed by atoms with Gasteiger partial charge in [0.05, 0.1) is 17.1 Å². The number of rotatable bonds is 5. The Labute approximate surface area is 216 Å². The number of fused-ring (bicyclic) bond motifs is 1. The predicted molar refractivity (Wildman–Crippen MR) is 136 cm³/mol. The van der Waals surface area contributed by atoms with Gasteiger partial charge in [0.25, 0.3) is 5.91 Å². The van der Waals surface area contributed by atoms with Gasteiger partial charge in [-0.2, -0.15) is 0 Å². The minimum atomic E-state index is -4.14. The lowest BCUT2D eigenvalue weighted by Crippen LogP contribution is -2.53. The molecule has 0 saturated carbocycles. The van der Waals surface area contributed by atoms with Crippen LogP contribution in [0.2, 0.25) is 0 Å². The van der Waals surface area contributed by atoms with Crippen LogP contribution in [0, 0.1) is 6.92 Å². The Balaban J connectivity index is 2.08. The van der Waals surface area contributed by atoms with Gasteiger partial charge in [-0.3, -0.25) is 4.79 Å². The number of nitrogens with zero attached hydrogens (tertiary/aromatic N) is 1. The maximum atomic E-state index is 13.9. The van der Waals surface area contributed by atoms with Gasteiger partial charge in [0.15, 0.2) is 0 Å². The number of anilines is 1. The van der Waals surface area contributed by atoms with Crippen LogP contribution in [-0.2, 0) is 34.6 Å². The number of sulfonamides is 1. The normalized spacial score (nSPS) is 17.8. The smallest absolute Gasteiger partial charge is 0.443 e. The van der Waals surface area contributed by atoms with E-state index >= 15 is 0 Å². The standard InChI is InChI=1S/C26H32N2O8S/c1-17-12-14-18(15-13-17)37(32,33)27-16-26(36-23(31)35-25(5,6)7)19-10-8-9-11-20(19)28(21(26)29)22(30)34-24(2,3)4/h8-15,27H,16H2,1-7H3/t26-/m1/s1. The highest BCUT2D eigenvalue weighted by molar-refractivity contribution is 7.89. The summed E-state index contributed by atoms with van der Waals surface area (Å²) in [6.45, 7) is 10.9. The summed E-state index contributed by atoms with van der Waals surface area (Å²) < 4.78 is 44.8. The van der Waals surface area contributed by atoms with Crippen molar-refractivity contribution in [2.75, 3.05) is 11.4 Å².